The summed E-state index contributed by atoms with van der Waals surface area (Å²) in [5.74, 6) is 0.526. The fourth-order valence-corrected chi connectivity index (χ4v) is 4.16. The largest absolute Gasteiger partial charge is 0.462 e. The number of ether oxygens (including phenoxy) is 2. The SMILES string of the molecule is CC(C)C(OC(=O)C1CCCC(C(=O)OC(C(C)C)C(C)C)C1)C(C)C. The zero-order chi connectivity index (χ0) is 20.0. The summed E-state index contributed by atoms with van der Waals surface area (Å²) >= 11 is 0. The Morgan fingerprint density at radius 2 is 0.962 bits per heavy atom. The second-order valence-electron chi connectivity index (χ2n) is 9.34. The van der Waals surface area contributed by atoms with Gasteiger partial charge in [-0.15, -0.1) is 0 Å². The normalized spacial score (nSPS) is 21.3. The third kappa shape index (κ3) is 6.59. The second-order valence-corrected chi connectivity index (χ2v) is 9.34. The minimum absolute atomic E-state index is 0.0684. The molecule has 2 unspecified atom stereocenters. The molecule has 152 valence electrons. The van der Waals surface area contributed by atoms with Crippen molar-refractivity contribution < 1.29 is 19.1 Å². The minimum Gasteiger partial charge on any atom is -0.462 e. The van der Waals surface area contributed by atoms with Crippen molar-refractivity contribution in [3.63, 3.8) is 0 Å². The van der Waals surface area contributed by atoms with E-state index >= 15 is 0 Å². The predicted octanol–water partition coefficient (Wildman–Crippen LogP) is 5.24. The third-order valence-electron chi connectivity index (χ3n) is 5.47. The van der Waals surface area contributed by atoms with Gasteiger partial charge in [-0.2, -0.15) is 0 Å². The maximum absolute atomic E-state index is 12.6. The van der Waals surface area contributed by atoms with Crippen LogP contribution in [0, 0.1) is 35.5 Å². The van der Waals surface area contributed by atoms with Crippen molar-refractivity contribution in [3.05, 3.63) is 0 Å². The lowest BCUT2D eigenvalue weighted by Crippen LogP contribution is -2.37. The number of rotatable bonds is 8. The van der Waals surface area contributed by atoms with Gasteiger partial charge in [-0.1, -0.05) is 61.8 Å². The summed E-state index contributed by atoms with van der Waals surface area (Å²) in [5.41, 5.74) is 0. The molecule has 0 aromatic rings. The molecule has 1 rings (SSSR count). The molecule has 0 radical (unpaired) electrons. The summed E-state index contributed by atoms with van der Waals surface area (Å²) in [6.07, 6.45) is 2.92. The first-order valence-corrected chi connectivity index (χ1v) is 10.5. The smallest absolute Gasteiger partial charge is 0.309 e. The predicted molar refractivity (Wildman–Crippen MR) is 105 cm³/mol. The van der Waals surface area contributed by atoms with Gasteiger partial charge in [0.1, 0.15) is 12.2 Å². The van der Waals surface area contributed by atoms with E-state index in [1.165, 1.54) is 0 Å². The lowest BCUT2D eigenvalue weighted by Gasteiger charge is -2.32. The van der Waals surface area contributed by atoms with E-state index in [9.17, 15) is 9.59 Å². The second kappa shape index (κ2) is 10.3. The molecule has 0 N–H and O–H groups in total. The van der Waals surface area contributed by atoms with Gasteiger partial charge < -0.3 is 9.47 Å². The molecule has 0 spiro atoms. The van der Waals surface area contributed by atoms with E-state index in [1.807, 2.05) is 0 Å². The first-order chi connectivity index (χ1) is 12.0. The van der Waals surface area contributed by atoms with Crippen LogP contribution in [-0.2, 0) is 19.1 Å². The van der Waals surface area contributed by atoms with Gasteiger partial charge >= 0.3 is 11.9 Å². The van der Waals surface area contributed by atoms with Gasteiger partial charge in [-0.3, -0.25) is 9.59 Å². The highest BCUT2D eigenvalue weighted by molar-refractivity contribution is 5.76. The van der Waals surface area contributed by atoms with E-state index in [2.05, 4.69) is 55.4 Å². The van der Waals surface area contributed by atoms with E-state index in [1.54, 1.807) is 0 Å². The Balaban J connectivity index is 2.68. The zero-order valence-corrected chi connectivity index (χ0v) is 18.1. The van der Waals surface area contributed by atoms with Crippen LogP contribution in [0.1, 0.15) is 81.1 Å². The lowest BCUT2D eigenvalue weighted by atomic mass is 9.81. The first kappa shape index (κ1) is 23.0. The Hall–Kier alpha value is -1.06. The summed E-state index contributed by atoms with van der Waals surface area (Å²) < 4.78 is 11.6. The molecule has 0 bridgehead atoms. The van der Waals surface area contributed by atoms with Crippen molar-refractivity contribution in [2.45, 2.75) is 93.3 Å². The molecule has 4 heteroatoms. The van der Waals surface area contributed by atoms with Gasteiger partial charge in [-0.05, 0) is 42.9 Å². The van der Waals surface area contributed by atoms with E-state index in [0.717, 1.165) is 19.3 Å². The summed E-state index contributed by atoms with van der Waals surface area (Å²) in [5, 5.41) is 0. The van der Waals surface area contributed by atoms with Gasteiger partial charge in [0, 0.05) is 0 Å². The topological polar surface area (TPSA) is 52.6 Å². The van der Waals surface area contributed by atoms with Crippen LogP contribution in [0.2, 0.25) is 0 Å². The molecule has 0 heterocycles. The average Bonchev–Trinajstić information content (AvgIpc) is 2.55. The molecule has 26 heavy (non-hydrogen) atoms. The van der Waals surface area contributed by atoms with Crippen LogP contribution in [0.5, 0.6) is 0 Å². The van der Waals surface area contributed by atoms with Crippen molar-refractivity contribution in [3.8, 4) is 0 Å². The fraction of sp³-hybridized carbons (Fsp3) is 0.909. The quantitative estimate of drug-likeness (QED) is 0.550. The minimum atomic E-state index is -0.183. The van der Waals surface area contributed by atoms with Gasteiger partial charge in [0.25, 0.3) is 0 Å². The molecule has 0 aliphatic heterocycles. The van der Waals surface area contributed by atoms with Crippen LogP contribution in [-0.4, -0.2) is 24.1 Å². The van der Waals surface area contributed by atoms with Crippen molar-refractivity contribution in [1.82, 2.24) is 0 Å². The number of esters is 2. The van der Waals surface area contributed by atoms with E-state index in [-0.39, 0.29) is 36.0 Å². The highest BCUT2D eigenvalue weighted by Gasteiger charge is 2.36. The first-order valence-electron chi connectivity index (χ1n) is 10.5. The van der Waals surface area contributed by atoms with Crippen LogP contribution in [0.3, 0.4) is 0 Å². The van der Waals surface area contributed by atoms with Crippen LogP contribution in [0.25, 0.3) is 0 Å². The molecule has 0 saturated heterocycles. The molecular weight excluding hydrogens is 328 g/mol. The molecule has 0 amide bonds. The lowest BCUT2D eigenvalue weighted by molar-refractivity contribution is -0.165. The molecule has 0 aromatic heterocycles. The molecule has 1 aliphatic rings. The monoisotopic (exact) mass is 368 g/mol. The standard InChI is InChI=1S/C22H40O4/c1-13(2)19(14(3)4)25-21(23)17-10-9-11-18(12-17)22(24)26-20(15(5)6)16(7)8/h13-20H,9-12H2,1-8H3. The summed E-state index contributed by atoms with van der Waals surface area (Å²) in [6.45, 7) is 16.6. The maximum atomic E-state index is 12.6. The van der Waals surface area contributed by atoms with Crippen LogP contribution >= 0.6 is 0 Å². The van der Waals surface area contributed by atoms with Crippen LogP contribution in [0.15, 0.2) is 0 Å². The van der Waals surface area contributed by atoms with Crippen molar-refractivity contribution in [1.29, 1.82) is 0 Å². The molecular formula is C22H40O4. The Morgan fingerprint density at radius 1 is 0.654 bits per heavy atom. The Morgan fingerprint density at radius 3 is 1.23 bits per heavy atom. The van der Waals surface area contributed by atoms with Gasteiger partial charge in [0.2, 0.25) is 0 Å². The number of carbonyl (C=O) groups is 2. The third-order valence-corrected chi connectivity index (χ3v) is 5.47. The van der Waals surface area contributed by atoms with E-state index in [0.29, 0.717) is 30.1 Å². The molecule has 1 saturated carbocycles. The highest BCUT2D eigenvalue weighted by atomic mass is 16.5. The maximum Gasteiger partial charge on any atom is 0.309 e. The fourth-order valence-electron chi connectivity index (χ4n) is 4.16. The molecule has 1 aliphatic carbocycles. The van der Waals surface area contributed by atoms with Crippen LogP contribution < -0.4 is 0 Å². The van der Waals surface area contributed by atoms with Gasteiger partial charge in [-0.25, -0.2) is 0 Å². The molecule has 0 aromatic carbocycles. The Kier molecular flexibility index (Phi) is 9.12. The highest BCUT2D eigenvalue weighted by Crippen LogP contribution is 2.33. The van der Waals surface area contributed by atoms with Crippen molar-refractivity contribution in [2.24, 2.45) is 35.5 Å². The number of hydrogen-bond acceptors (Lipinski definition) is 4. The van der Waals surface area contributed by atoms with Gasteiger partial charge in [0.15, 0.2) is 0 Å². The summed E-state index contributed by atoms with van der Waals surface area (Å²) in [6, 6.07) is 0. The Bertz CT molecular complexity index is 397. The molecule has 4 nitrogen and oxygen atoms in total. The molecule has 1 fully saturated rings. The number of carbonyl (C=O) groups excluding carboxylic acids is 2. The molecule has 2 atom stereocenters. The summed E-state index contributed by atoms with van der Waals surface area (Å²) in [7, 11) is 0. The van der Waals surface area contributed by atoms with Crippen LogP contribution in [0.4, 0.5) is 0 Å². The van der Waals surface area contributed by atoms with Crippen molar-refractivity contribution >= 4 is 11.9 Å². The van der Waals surface area contributed by atoms with E-state index < -0.39 is 0 Å². The number of hydrogen-bond donors (Lipinski definition) is 0. The Labute approximate surface area is 160 Å². The van der Waals surface area contributed by atoms with Crippen molar-refractivity contribution in [2.75, 3.05) is 0 Å². The zero-order valence-electron chi connectivity index (χ0n) is 18.1. The van der Waals surface area contributed by atoms with E-state index in [4.69, 9.17) is 9.47 Å². The van der Waals surface area contributed by atoms with Gasteiger partial charge in [0.05, 0.1) is 11.8 Å². The summed E-state index contributed by atoms with van der Waals surface area (Å²) in [4.78, 5) is 25.3. The average molecular weight is 369 g/mol.